The molecule has 14 heavy (non-hydrogen) atoms. The van der Waals surface area contributed by atoms with Crippen LogP contribution in [0.15, 0.2) is 18.2 Å². The molecule has 0 saturated carbocycles. The van der Waals surface area contributed by atoms with Crippen molar-refractivity contribution in [2.75, 3.05) is 0 Å². The molecule has 1 rings (SSSR count). The van der Waals surface area contributed by atoms with Crippen LogP contribution in [0.4, 0.5) is 0 Å². The minimum absolute atomic E-state index is 0.153. The first kappa shape index (κ1) is 11.3. The number of carbonyl (C=O) groups excluding carboxylic acids is 1. The SMILES string of the molecule is CCCCC(=O)c1cc(C)ccc1Cl. The van der Waals surface area contributed by atoms with E-state index in [-0.39, 0.29) is 5.78 Å². The molecule has 0 N–H and O–H groups in total. The van der Waals surface area contributed by atoms with Crippen LogP contribution >= 0.6 is 11.6 Å². The van der Waals surface area contributed by atoms with Crippen LogP contribution in [0.1, 0.15) is 42.1 Å². The highest BCUT2D eigenvalue weighted by atomic mass is 35.5. The normalized spacial score (nSPS) is 10.2. The van der Waals surface area contributed by atoms with Gasteiger partial charge in [-0.1, -0.05) is 36.6 Å². The number of benzene rings is 1. The molecule has 0 radical (unpaired) electrons. The summed E-state index contributed by atoms with van der Waals surface area (Å²) in [6.07, 6.45) is 2.57. The van der Waals surface area contributed by atoms with Gasteiger partial charge in [-0.2, -0.15) is 0 Å². The summed E-state index contributed by atoms with van der Waals surface area (Å²) >= 11 is 5.95. The number of aryl methyl sites for hydroxylation is 1. The van der Waals surface area contributed by atoms with E-state index in [4.69, 9.17) is 11.6 Å². The van der Waals surface area contributed by atoms with Gasteiger partial charge in [0.1, 0.15) is 0 Å². The van der Waals surface area contributed by atoms with Crippen molar-refractivity contribution in [2.45, 2.75) is 33.1 Å². The second kappa shape index (κ2) is 5.16. The van der Waals surface area contributed by atoms with Gasteiger partial charge >= 0.3 is 0 Å². The Bertz CT molecular complexity index is 331. The van der Waals surface area contributed by atoms with Crippen LogP contribution in [0.3, 0.4) is 0 Å². The number of rotatable bonds is 4. The predicted octanol–water partition coefficient (Wildman–Crippen LogP) is 4.02. The topological polar surface area (TPSA) is 17.1 Å². The summed E-state index contributed by atoms with van der Waals surface area (Å²) in [5.74, 6) is 0.153. The molecule has 1 aromatic carbocycles. The van der Waals surface area contributed by atoms with Gasteiger partial charge in [0.25, 0.3) is 0 Å². The third-order valence-corrected chi connectivity index (χ3v) is 2.51. The number of ketones is 1. The van der Waals surface area contributed by atoms with E-state index in [2.05, 4.69) is 6.92 Å². The van der Waals surface area contributed by atoms with Crippen LogP contribution in [0, 0.1) is 6.92 Å². The van der Waals surface area contributed by atoms with Crippen LogP contribution in [0.25, 0.3) is 0 Å². The van der Waals surface area contributed by atoms with E-state index in [1.807, 2.05) is 19.1 Å². The first-order valence-electron chi connectivity index (χ1n) is 4.94. The zero-order valence-electron chi connectivity index (χ0n) is 8.64. The van der Waals surface area contributed by atoms with Crippen molar-refractivity contribution < 1.29 is 4.79 Å². The number of halogens is 1. The lowest BCUT2D eigenvalue weighted by Gasteiger charge is -2.03. The number of hydrogen-bond donors (Lipinski definition) is 0. The molecule has 0 aromatic heterocycles. The minimum atomic E-state index is 0.153. The molecule has 0 spiro atoms. The van der Waals surface area contributed by atoms with Gasteiger partial charge in [0.15, 0.2) is 5.78 Å². The van der Waals surface area contributed by atoms with Crippen molar-refractivity contribution in [1.82, 2.24) is 0 Å². The molecular formula is C12H15ClO. The summed E-state index contributed by atoms with van der Waals surface area (Å²) in [7, 11) is 0. The Kier molecular flexibility index (Phi) is 4.15. The van der Waals surface area contributed by atoms with Gasteiger partial charge in [-0.3, -0.25) is 4.79 Å². The molecule has 1 aromatic rings. The molecular weight excluding hydrogens is 196 g/mol. The molecule has 76 valence electrons. The maximum absolute atomic E-state index is 11.7. The van der Waals surface area contributed by atoms with Gasteiger partial charge in [-0.15, -0.1) is 0 Å². The summed E-state index contributed by atoms with van der Waals surface area (Å²) in [6.45, 7) is 4.04. The average molecular weight is 211 g/mol. The Morgan fingerprint density at radius 3 is 2.79 bits per heavy atom. The largest absolute Gasteiger partial charge is 0.294 e. The average Bonchev–Trinajstić information content (AvgIpc) is 2.18. The molecule has 0 fully saturated rings. The Morgan fingerprint density at radius 1 is 1.43 bits per heavy atom. The van der Waals surface area contributed by atoms with E-state index < -0.39 is 0 Å². The number of carbonyl (C=O) groups is 1. The number of unbranched alkanes of at least 4 members (excludes halogenated alkanes) is 1. The predicted molar refractivity (Wildman–Crippen MR) is 60.0 cm³/mol. The number of hydrogen-bond acceptors (Lipinski definition) is 1. The summed E-state index contributed by atoms with van der Waals surface area (Å²) in [4.78, 5) is 11.7. The number of Topliss-reactive ketones (excluding diaryl/α,β-unsaturated/α-hetero) is 1. The Morgan fingerprint density at radius 2 is 2.14 bits per heavy atom. The minimum Gasteiger partial charge on any atom is -0.294 e. The van der Waals surface area contributed by atoms with Crippen LogP contribution in [0.2, 0.25) is 5.02 Å². The van der Waals surface area contributed by atoms with Gasteiger partial charge in [-0.05, 0) is 25.5 Å². The van der Waals surface area contributed by atoms with Crippen LogP contribution in [0.5, 0.6) is 0 Å². The van der Waals surface area contributed by atoms with Gasteiger partial charge in [0, 0.05) is 12.0 Å². The van der Waals surface area contributed by atoms with Crippen molar-refractivity contribution in [3.05, 3.63) is 34.3 Å². The Labute approximate surface area is 90.1 Å². The quantitative estimate of drug-likeness (QED) is 0.686. The summed E-state index contributed by atoms with van der Waals surface area (Å²) in [5.41, 5.74) is 1.74. The lowest BCUT2D eigenvalue weighted by Crippen LogP contribution is -2.00. The summed E-state index contributed by atoms with van der Waals surface area (Å²) < 4.78 is 0. The fraction of sp³-hybridized carbons (Fsp3) is 0.417. The standard InChI is InChI=1S/C12H15ClO/c1-3-4-5-12(14)10-8-9(2)6-7-11(10)13/h6-8H,3-5H2,1-2H3. The molecule has 0 aliphatic carbocycles. The molecule has 1 nitrogen and oxygen atoms in total. The highest BCUT2D eigenvalue weighted by Gasteiger charge is 2.09. The monoisotopic (exact) mass is 210 g/mol. The first-order valence-corrected chi connectivity index (χ1v) is 5.32. The Balaban J connectivity index is 2.83. The molecule has 0 amide bonds. The molecule has 0 aliphatic rings. The second-order valence-corrected chi connectivity index (χ2v) is 3.92. The van der Waals surface area contributed by atoms with E-state index in [1.54, 1.807) is 6.07 Å². The fourth-order valence-electron chi connectivity index (χ4n) is 1.32. The van der Waals surface area contributed by atoms with Crippen LogP contribution in [-0.2, 0) is 0 Å². The third kappa shape index (κ3) is 2.85. The van der Waals surface area contributed by atoms with E-state index in [9.17, 15) is 4.79 Å². The van der Waals surface area contributed by atoms with Crippen molar-refractivity contribution >= 4 is 17.4 Å². The lowest BCUT2D eigenvalue weighted by molar-refractivity contribution is 0.0980. The van der Waals surface area contributed by atoms with Crippen LogP contribution in [-0.4, -0.2) is 5.78 Å². The Hall–Kier alpha value is -0.820. The highest BCUT2D eigenvalue weighted by molar-refractivity contribution is 6.34. The van der Waals surface area contributed by atoms with Crippen molar-refractivity contribution in [3.8, 4) is 0 Å². The molecule has 0 aliphatic heterocycles. The first-order chi connectivity index (χ1) is 6.65. The van der Waals surface area contributed by atoms with E-state index in [0.29, 0.717) is 17.0 Å². The van der Waals surface area contributed by atoms with Gasteiger partial charge < -0.3 is 0 Å². The smallest absolute Gasteiger partial charge is 0.164 e. The molecule has 0 bridgehead atoms. The lowest BCUT2D eigenvalue weighted by atomic mass is 10.0. The van der Waals surface area contributed by atoms with Gasteiger partial charge in [0.05, 0.1) is 5.02 Å². The highest BCUT2D eigenvalue weighted by Crippen LogP contribution is 2.19. The maximum Gasteiger partial charge on any atom is 0.164 e. The molecule has 0 unspecified atom stereocenters. The van der Waals surface area contributed by atoms with Gasteiger partial charge in [0.2, 0.25) is 0 Å². The van der Waals surface area contributed by atoms with Crippen molar-refractivity contribution in [3.63, 3.8) is 0 Å². The van der Waals surface area contributed by atoms with E-state index >= 15 is 0 Å². The van der Waals surface area contributed by atoms with Crippen molar-refractivity contribution in [2.24, 2.45) is 0 Å². The van der Waals surface area contributed by atoms with E-state index in [1.165, 1.54) is 0 Å². The van der Waals surface area contributed by atoms with Gasteiger partial charge in [-0.25, -0.2) is 0 Å². The summed E-state index contributed by atoms with van der Waals surface area (Å²) in [6, 6.07) is 5.56. The van der Waals surface area contributed by atoms with E-state index in [0.717, 1.165) is 18.4 Å². The summed E-state index contributed by atoms with van der Waals surface area (Å²) in [5, 5.41) is 0.566. The second-order valence-electron chi connectivity index (χ2n) is 3.51. The van der Waals surface area contributed by atoms with Crippen molar-refractivity contribution in [1.29, 1.82) is 0 Å². The molecule has 2 heteroatoms. The molecule has 0 heterocycles. The maximum atomic E-state index is 11.7. The zero-order chi connectivity index (χ0) is 10.6. The fourth-order valence-corrected chi connectivity index (χ4v) is 1.55. The van der Waals surface area contributed by atoms with Crippen LogP contribution < -0.4 is 0 Å². The zero-order valence-corrected chi connectivity index (χ0v) is 9.40. The third-order valence-electron chi connectivity index (χ3n) is 2.18. The molecule has 0 saturated heterocycles. The molecule has 0 atom stereocenters.